The van der Waals surface area contributed by atoms with Crippen LogP contribution in [0, 0.1) is 6.92 Å². The van der Waals surface area contributed by atoms with E-state index < -0.39 is 12.2 Å². The van der Waals surface area contributed by atoms with E-state index in [0.717, 1.165) is 5.56 Å². The van der Waals surface area contributed by atoms with Crippen molar-refractivity contribution in [2.75, 3.05) is 14.2 Å². The molecule has 0 fully saturated rings. The minimum absolute atomic E-state index is 0.578. The molecule has 1 rings (SSSR count). The van der Waals surface area contributed by atoms with E-state index in [1.807, 2.05) is 6.92 Å². The van der Waals surface area contributed by atoms with Gasteiger partial charge in [-0.3, -0.25) is 0 Å². The summed E-state index contributed by atoms with van der Waals surface area (Å²) in [5.41, 5.74) is 1.45. The second-order valence-corrected chi connectivity index (χ2v) is 3.74. The lowest BCUT2D eigenvalue weighted by Gasteiger charge is -2.18. The Morgan fingerprint density at radius 2 is 1.50 bits per heavy atom. The van der Waals surface area contributed by atoms with Gasteiger partial charge in [-0.15, -0.1) is 0 Å². The fourth-order valence-corrected chi connectivity index (χ4v) is 1.56. The number of methoxy groups -OCH3 is 2. The third-order valence-electron chi connectivity index (χ3n) is 2.57. The van der Waals surface area contributed by atoms with Crippen LogP contribution in [0.15, 0.2) is 12.1 Å². The normalized spacial score (nSPS) is 14.4. The monoisotopic (exact) mass is 226 g/mol. The third kappa shape index (κ3) is 2.46. The molecule has 2 N–H and O–H groups in total. The van der Waals surface area contributed by atoms with Gasteiger partial charge in [0.05, 0.1) is 20.3 Å². The van der Waals surface area contributed by atoms with Gasteiger partial charge in [-0.1, -0.05) is 0 Å². The highest BCUT2D eigenvalue weighted by Crippen LogP contribution is 2.32. The van der Waals surface area contributed by atoms with Crippen molar-refractivity contribution in [2.45, 2.75) is 26.1 Å². The molecule has 0 aromatic heterocycles. The van der Waals surface area contributed by atoms with E-state index in [0.29, 0.717) is 17.1 Å². The highest BCUT2D eigenvalue weighted by atomic mass is 16.5. The molecule has 0 heterocycles. The molecule has 0 radical (unpaired) electrons. The molecule has 0 unspecified atom stereocenters. The van der Waals surface area contributed by atoms with Gasteiger partial charge in [0.25, 0.3) is 0 Å². The van der Waals surface area contributed by atoms with Crippen LogP contribution in [0.4, 0.5) is 0 Å². The Bertz CT molecular complexity index is 335. The van der Waals surface area contributed by atoms with Crippen molar-refractivity contribution in [3.63, 3.8) is 0 Å². The third-order valence-corrected chi connectivity index (χ3v) is 2.57. The molecule has 90 valence electrons. The molecule has 0 amide bonds. The number of benzene rings is 1. The minimum atomic E-state index is -0.941. The van der Waals surface area contributed by atoms with Crippen LogP contribution in [0.25, 0.3) is 0 Å². The maximum atomic E-state index is 9.77. The van der Waals surface area contributed by atoms with E-state index in [1.165, 1.54) is 6.92 Å². The number of rotatable bonds is 4. The molecule has 0 bridgehead atoms. The average molecular weight is 226 g/mol. The Morgan fingerprint density at radius 3 is 1.81 bits per heavy atom. The number of ether oxygens (including phenoxy) is 2. The second kappa shape index (κ2) is 5.18. The van der Waals surface area contributed by atoms with E-state index in [9.17, 15) is 10.2 Å². The van der Waals surface area contributed by atoms with Crippen LogP contribution in [0.5, 0.6) is 11.5 Å². The Balaban J connectivity index is 3.21. The zero-order valence-electron chi connectivity index (χ0n) is 10.0. The zero-order chi connectivity index (χ0) is 12.3. The first-order chi connectivity index (χ1) is 7.51. The first kappa shape index (κ1) is 12.8. The van der Waals surface area contributed by atoms with E-state index in [4.69, 9.17) is 9.47 Å². The number of hydrogen-bond donors (Lipinski definition) is 2. The molecular formula is C12H18O4. The molecular weight excluding hydrogens is 208 g/mol. The molecule has 0 saturated carbocycles. The summed E-state index contributed by atoms with van der Waals surface area (Å²) in [7, 11) is 3.11. The van der Waals surface area contributed by atoms with Gasteiger partial charge in [0.15, 0.2) is 0 Å². The maximum absolute atomic E-state index is 9.77. The summed E-state index contributed by atoms with van der Waals surface area (Å²) >= 11 is 0. The summed E-state index contributed by atoms with van der Waals surface area (Å²) in [6, 6.07) is 3.41. The van der Waals surface area contributed by atoms with Crippen LogP contribution >= 0.6 is 0 Å². The molecule has 1 aromatic rings. The Labute approximate surface area is 95.4 Å². The Morgan fingerprint density at radius 1 is 1.06 bits per heavy atom. The minimum Gasteiger partial charge on any atom is -0.496 e. The molecule has 1 aromatic carbocycles. The van der Waals surface area contributed by atoms with Crippen LogP contribution in [0.2, 0.25) is 0 Å². The molecule has 0 aliphatic rings. The lowest BCUT2D eigenvalue weighted by atomic mass is 10.0. The van der Waals surface area contributed by atoms with Gasteiger partial charge in [0, 0.05) is 5.56 Å². The number of aliphatic hydroxyl groups is 2. The summed E-state index contributed by atoms with van der Waals surface area (Å²) in [6.45, 7) is 3.40. The molecule has 0 saturated heterocycles. The summed E-state index contributed by atoms with van der Waals surface area (Å²) in [5, 5.41) is 19.1. The molecule has 2 atom stereocenters. The van der Waals surface area contributed by atoms with Crippen molar-refractivity contribution in [3.05, 3.63) is 23.3 Å². The lowest BCUT2D eigenvalue weighted by Crippen LogP contribution is -2.14. The lowest BCUT2D eigenvalue weighted by molar-refractivity contribution is 0.0303. The average Bonchev–Trinajstić information content (AvgIpc) is 2.28. The van der Waals surface area contributed by atoms with E-state index in [-0.39, 0.29) is 0 Å². The zero-order valence-corrected chi connectivity index (χ0v) is 10.0. The smallest absolute Gasteiger partial charge is 0.125 e. The van der Waals surface area contributed by atoms with Crippen LogP contribution in [-0.4, -0.2) is 30.5 Å². The summed E-state index contributed by atoms with van der Waals surface area (Å²) in [5.74, 6) is 1.27. The van der Waals surface area contributed by atoms with Crippen molar-refractivity contribution < 1.29 is 19.7 Å². The molecule has 4 heteroatoms. The van der Waals surface area contributed by atoms with Gasteiger partial charge >= 0.3 is 0 Å². The van der Waals surface area contributed by atoms with Crippen molar-refractivity contribution in [3.8, 4) is 11.5 Å². The van der Waals surface area contributed by atoms with Gasteiger partial charge in [-0.25, -0.2) is 0 Å². The van der Waals surface area contributed by atoms with Crippen LogP contribution < -0.4 is 9.47 Å². The first-order valence-corrected chi connectivity index (χ1v) is 5.10. The van der Waals surface area contributed by atoms with E-state index in [2.05, 4.69) is 0 Å². The molecule has 4 nitrogen and oxygen atoms in total. The molecule has 16 heavy (non-hydrogen) atoms. The Kier molecular flexibility index (Phi) is 4.15. The first-order valence-electron chi connectivity index (χ1n) is 5.10. The quantitative estimate of drug-likeness (QED) is 0.815. The van der Waals surface area contributed by atoms with Crippen molar-refractivity contribution in [1.29, 1.82) is 0 Å². The van der Waals surface area contributed by atoms with Gasteiger partial charge in [0.1, 0.15) is 17.6 Å². The number of aliphatic hydroxyl groups excluding tert-OH is 2. The maximum Gasteiger partial charge on any atom is 0.125 e. The fraction of sp³-hybridized carbons (Fsp3) is 0.500. The van der Waals surface area contributed by atoms with Crippen molar-refractivity contribution >= 4 is 0 Å². The predicted molar refractivity (Wildman–Crippen MR) is 60.9 cm³/mol. The fourth-order valence-electron chi connectivity index (χ4n) is 1.56. The largest absolute Gasteiger partial charge is 0.496 e. The number of hydrogen-bond acceptors (Lipinski definition) is 4. The van der Waals surface area contributed by atoms with E-state index in [1.54, 1.807) is 26.4 Å². The summed E-state index contributed by atoms with van der Waals surface area (Å²) < 4.78 is 10.4. The van der Waals surface area contributed by atoms with Crippen LogP contribution in [0.1, 0.15) is 24.2 Å². The summed E-state index contributed by atoms with van der Waals surface area (Å²) in [4.78, 5) is 0. The van der Waals surface area contributed by atoms with Gasteiger partial charge in [-0.05, 0) is 31.5 Å². The standard InChI is InChI=1S/C12H18O4/c1-7-10(15-3)5-9(6-11(7)16-4)12(14)8(2)13/h5-6,8,12-14H,1-4H3/t8-,12+/m0/s1. The predicted octanol–water partition coefficient (Wildman–Crippen LogP) is 1.43. The molecule has 0 aliphatic carbocycles. The Hall–Kier alpha value is -1.26. The van der Waals surface area contributed by atoms with E-state index >= 15 is 0 Å². The van der Waals surface area contributed by atoms with Gasteiger partial charge in [-0.2, -0.15) is 0 Å². The van der Waals surface area contributed by atoms with Gasteiger partial charge in [0.2, 0.25) is 0 Å². The van der Waals surface area contributed by atoms with Crippen molar-refractivity contribution in [1.82, 2.24) is 0 Å². The van der Waals surface area contributed by atoms with Crippen LogP contribution in [0.3, 0.4) is 0 Å². The van der Waals surface area contributed by atoms with Gasteiger partial charge < -0.3 is 19.7 Å². The summed E-state index contributed by atoms with van der Waals surface area (Å²) in [6.07, 6.45) is -1.78. The van der Waals surface area contributed by atoms with Crippen molar-refractivity contribution in [2.24, 2.45) is 0 Å². The highest BCUT2D eigenvalue weighted by Gasteiger charge is 2.17. The van der Waals surface area contributed by atoms with Crippen LogP contribution in [-0.2, 0) is 0 Å². The molecule has 0 spiro atoms. The SMILES string of the molecule is COc1cc([C@H](O)[C@H](C)O)cc(OC)c1C. The highest BCUT2D eigenvalue weighted by molar-refractivity contribution is 5.47. The topological polar surface area (TPSA) is 58.9 Å². The molecule has 0 aliphatic heterocycles. The second-order valence-electron chi connectivity index (χ2n) is 3.74.